The van der Waals surface area contributed by atoms with E-state index in [0.29, 0.717) is 12.8 Å². The molecule has 0 aliphatic carbocycles. The topological polar surface area (TPSA) is 92.2 Å². The zero-order valence-electron chi connectivity index (χ0n) is 14.5. The molecule has 1 rings (SSSR count). The molecule has 1 aliphatic rings. The van der Waals surface area contributed by atoms with Gasteiger partial charge < -0.3 is 15.0 Å². The predicted molar refractivity (Wildman–Crippen MR) is 84.8 cm³/mol. The number of carbonyl (C=O) groups excluding carboxylic acids is 2. The highest BCUT2D eigenvalue weighted by atomic mass is 16.6. The monoisotopic (exact) mass is 323 g/mol. The largest absolute Gasteiger partial charge is 0.482 e. The number of hydrogen-bond donors (Lipinski definition) is 0. The molecule has 0 atom stereocenters. The molecule has 0 aromatic carbocycles. The Labute approximate surface area is 136 Å². The zero-order chi connectivity index (χ0) is 17.8. The quantitative estimate of drug-likeness (QED) is 0.191. The molecule has 1 aliphatic heterocycles. The van der Waals surface area contributed by atoms with Crippen LogP contribution in [0.2, 0.25) is 0 Å². The Balaban J connectivity index is 2.92. The van der Waals surface area contributed by atoms with Crippen LogP contribution in [-0.4, -0.2) is 58.2 Å². The van der Waals surface area contributed by atoms with E-state index in [1.54, 1.807) is 0 Å². The lowest BCUT2D eigenvalue weighted by Gasteiger charge is -2.54. The average molecular weight is 323 g/mol. The summed E-state index contributed by atoms with van der Waals surface area (Å²) < 4.78 is 9.78. The molecule has 7 heteroatoms. The van der Waals surface area contributed by atoms with Gasteiger partial charge in [0.15, 0.2) is 0 Å². The van der Waals surface area contributed by atoms with Gasteiger partial charge in [-0.15, -0.1) is 6.58 Å². The SMILES string of the molecule is C=CCN1C(C)(C)CC(OC(=O)C(=[N+]=[N-])C(=O)OC)CC1(C)C. The summed E-state index contributed by atoms with van der Waals surface area (Å²) in [5.74, 6) is -2.01. The molecule has 128 valence electrons. The standard InChI is InChI=1S/C16H25N3O4/c1-7-8-19-15(2,3)9-11(10-16(19,4)5)23-14(21)12(18-17)13(20)22-6/h7,11H,1,8-10H2,2-6H3. The third-order valence-electron chi connectivity index (χ3n) is 4.17. The van der Waals surface area contributed by atoms with Gasteiger partial charge in [-0.2, -0.15) is 4.79 Å². The van der Waals surface area contributed by atoms with E-state index >= 15 is 0 Å². The second kappa shape index (κ2) is 7.06. The van der Waals surface area contributed by atoms with Crippen molar-refractivity contribution >= 4 is 17.7 Å². The first kappa shape index (κ1) is 19.1. The van der Waals surface area contributed by atoms with Gasteiger partial charge in [-0.05, 0) is 27.7 Å². The molecule has 0 amide bonds. The fourth-order valence-corrected chi connectivity index (χ4v) is 3.40. The van der Waals surface area contributed by atoms with Gasteiger partial charge in [-0.3, -0.25) is 4.90 Å². The molecule has 0 aromatic heterocycles. The molecule has 0 N–H and O–H groups in total. The van der Waals surface area contributed by atoms with Gasteiger partial charge in [-0.25, -0.2) is 9.59 Å². The van der Waals surface area contributed by atoms with Crippen molar-refractivity contribution in [2.24, 2.45) is 0 Å². The fourth-order valence-electron chi connectivity index (χ4n) is 3.40. The minimum atomic E-state index is -1.03. The smallest absolute Gasteiger partial charge is 0.460 e. The van der Waals surface area contributed by atoms with Crippen molar-refractivity contribution in [2.75, 3.05) is 13.7 Å². The minimum absolute atomic E-state index is 0.220. The molecule has 0 saturated carbocycles. The molecule has 0 radical (unpaired) electrons. The zero-order valence-corrected chi connectivity index (χ0v) is 14.5. The van der Waals surface area contributed by atoms with Crippen LogP contribution in [0.15, 0.2) is 12.7 Å². The van der Waals surface area contributed by atoms with Crippen LogP contribution in [0.3, 0.4) is 0 Å². The number of rotatable bonds is 5. The Morgan fingerprint density at radius 3 is 2.17 bits per heavy atom. The highest BCUT2D eigenvalue weighted by Crippen LogP contribution is 2.39. The summed E-state index contributed by atoms with van der Waals surface area (Å²) in [4.78, 5) is 28.4. The summed E-state index contributed by atoms with van der Waals surface area (Å²) in [5.41, 5.74) is 7.62. The van der Waals surface area contributed by atoms with E-state index in [9.17, 15) is 9.59 Å². The van der Waals surface area contributed by atoms with Crippen molar-refractivity contribution in [1.29, 1.82) is 0 Å². The van der Waals surface area contributed by atoms with Crippen molar-refractivity contribution in [3.8, 4) is 0 Å². The summed E-state index contributed by atoms with van der Waals surface area (Å²) in [7, 11) is 1.10. The highest BCUT2D eigenvalue weighted by molar-refractivity contribution is 6.60. The molecule has 7 nitrogen and oxygen atoms in total. The lowest BCUT2D eigenvalue weighted by atomic mass is 9.78. The van der Waals surface area contributed by atoms with Crippen molar-refractivity contribution in [1.82, 2.24) is 4.90 Å². The van der Waals surface area contributed by atoms with Crippen LogP contribution in [0.1, 0.15) is 40.5 Å². The van der Waals surface area contributed by atoms with E-state index in [-0.39, 0.29) is 11.1 Å². The summed E-state index contributed by atoms with van der Waals surface area (Å²) >= 11 is 0. The van der Waals surface area contributed by atoms with Gasteiger partial charge in [0.1, 0.15) is 6.10 Å². The van der Waals surface area contributed by atoms with E-state index in [1.165, 1.54) is 0 Å². The number of carbonyl (C=O) groups is 2. The molecule has 1 saturated heterocycles. The number of methoxy groups -OCH3 is 1. The van der Waals surface area contributed by atoms with Crippen LogP contribution in [0.4, 0.5) is 0 Å². The van der Waals surface area contributed by atoms with E-state index in [2.05, 4.69) is 48.7 Å². The van der Waals surface area contributed by atoms with Crippen molar-refractivity contribution in [2.45, 2.75) is 57.7 Å². The first-order valence-electron chi connectivity index (χ1n) is 7.49. The summed E-state index contributed by atoms with van der Waals surface area (Å²) in [5, 5.41) is 0. The Morgan fingerprint density at radius 1 is 1.26 bits per heavy atom. The summed E-state index contributed by atoms with van der Waals surface area (Å²) in [6.07, 6.45) is 2.64. The first-order chi connectivity index (χ1) is 10.6. The van der Waals surface area contributed by atoms with Gasteiger partial charge in [0.25, 0.3) is 0 Å². The van der Waals surface area contributed by atoms with Crippen LogP contribution in [0.25, 0.3) is 5.53 Å². The molecule has 0 bridgehead atoms. The summed E-state index contributed by atoms with van der Waals surface area (Å²) in [6.45, 7) is 12.8. The number of nitrogens with zero attached hydrogens (tertiary/aromatic N) is 3. The Hall–Kier alpha value is -1.98. The maximum atomic E-state index is 12.0. The number of piperidine rings is 1. The number of esters is 2. The fraction of sp³-hybridized carbons (Fsp3) is 0.688. The lowest BCUT2D eigenvalue weighted by molar-refractivity contribution is -0.159. The van der Waals surface area contributed by atoms with E-state index in [4.69, 9.17) is 10.3 Å². The number of ether oxygens (including phenoxy) is 2. The number of hydrogen-bond acceptors (Lipinski definition) is 5. The second-order valence-electron chi connectivity index (χ2n) is 6.90. The van der Waals surface area contributed by atoms with Gasteiger partial charge >= 0.3 is 17.7 Å². The Kier molecular flexibility index (Phi) is 5.86. The Bertz CT molecular complexity index is 530. The van der Waals surface area contributed by atoms with E-state index in [0.717, 1.165) is 13.7 Å². The maximum absolute atomic E-state index is 12.0. The molecule has 0 unspecified atom stereocenters. The van der Waals surface area contributed by atoms with Crippen LogP contribution in [-0.2, 0) is 19.1 Å². The molecular weight excluding hydrogens is 298 g/mol. The van der Waals surface area contributed by atoms with Gasteiger partial charge in [-0.1, -0.05) is 6.08 Å². The average Bonchev–Trinajstić information content (AvgIpc) is 2.42. The maximum Gasteiger partial charge on any atom is 0.482 e. The third-order valence-corrected chi connectivity index (χ3v) is 4.17. The second-order valence-corrected chi connectivity index (χ2v) is 6.90. The van der Waals surface area contributed by atoms with Gasteiger partial charge in [0.2, 0.25) is 0 Å². The van der Waals surface area contributed by atoms with Crippen LogP contribution in [0, 0.1) is 0 Å². The lowest BCUT2D eigenvalue weighted by Crippen LogP contribution is -2.62. The van der Waals surface area contributed by atoms with Gasteiger partial charge in [0.05, 0.1) is 7.11 Å². The van der Waals surface area contributed by atoms with Crippen LogP contribution < -0.4 is 0 Å². The number of likely N-dealkylation sites (tertiary alicyclic amines) is 1. The summed E-state index contributed by atoms with van der Waals surface area (Å²) in [6, 6.07) is 0. The minimum Gasteiger partial charge on any atom is -0.460 e. The normalized spacial score (nSPS) is 20.2. The van der Waals surface area contributed by atoms with E-state index in [1.807, 2.05) is 6.08 Å². The molecular formula is C16H25N3O4. The van der Waals surface area contributed by atoms with Crippen LogP contribution >= 0.6 is 0 Å². The highest BCUT2D eigenvalue weighted by Gasteiger charge is 2.47. The van der Waals surface area contributed by atoms with Crippen molar-refractivity contribution in [3.63, 3.8) is 0 Å². The Morgan fingerprint density at radius 2 is 1.78 bits per heavy atom. The van der Waals surface area contributed by atoms with Crippen LogP contribution in [0.5, 0.6) is 0 Å². The first-order valence-corrected chi connectivity index (χ1v) is 7.49. The molecule has 0 aromatic rings. The molecule has 1 fully saturated rings. The molecule has 23 heavy (non-hydrogen) atoms. The third kappa shape index (κ3) is 4.27. The molecule has 0 spiro atoms. The van der Waals surface area contributed by atoms with Crippen molar-refractivity contribution in [3.05, 3.63) is 18.2 Å². The predicted octanol–water partition coefficient (Wildman–Crippen LogP) is 1.58. The van der Waals surface area contributed by atoms with Gasteiger partial charge in [0, 0.05) is 30.5 Å². The van der Waals surface area contributed by atoms with E-state index < -0.39 is 23.8 Å². The molecule has 1 heterocycles. The van der Waals surface area contributed by atoms with Crippen molar-refractivity contribution < 1.29 is 23.9 Å².